The Labute approximate surface area is 156 Å². The second-order valence-corrected chi connectivity index (χ2v) is 4.92. The smallest absolute Gasteiger partial charge is 0.197 e. The van der Waals surface area contributed by atoms with Crippen LogP contribution in [-0.2, 0) is 0 Å². The first-order chi connectivity index (χ1) is 13.0. The number of rotatable bonds is 2. The Bertz CT molecular complexity index is 1050. The van der Waals surface area contributed by atoms with Crippen LogP contribution in [0.15, 0.2) is 74.7 Å². The lowest BCUT2D eigenvalue weighted by Gasteiger charge is -2.09. The van der Waals surface area contributed by atoms with Gasteiger partial charge in [-0.15, -0.1) is 17.3 Å². The largest absolute Gasteiger partial charge is 0.453 e. The third-order valence-electron chi connectivity index (χ3n) is 3.38. The molecular weight excluding hydrogens is 362 g/mol. The summed E-state index contributed by atoms with van der Waals surface area (Å²) in [6.45, 7) is 0. The Hall–Kier alpha value is -3.59. The molecule has 0 aliphatic carbocycles. The number of amidine groups is 2. The number of oxime groups is 1. The number of nitroso groups, excluding NO2 is 1. The summed E-state index contributed by atoms with van der Waals surface area (Å²) in [7, 11) is 0. The van der Waals surface area contributed by atoms with Gasteiger partial charge in [-0.25, -0.2) is 0 Å². The lowest BCUT2D eigenvalue weighted by atomic mass is 10.2. The summed E-state index contributed by atoms with van der Waals surface area (Å²) in [4.78, 5) is 10.4. The zero-order chi connectivity index (χ0) is 19.6. The van der Waals surface area contributed by atoms with Crippen molar-refractivity contribution in [1.29, 1.82) is 5.41 Å². The summed E-state index contributed by atoms with van der Waals surface area (Å²) >= 11 is 0. The van der Waals surface area contributed by atoms with E-state index in [1.807, 2.05) is 0 Å². The van der Waals surface area contributed by atoms with E-state index >= 15 is 0 Å². The molecule has 0 bridgehead atoms. The minimum absolute atomic E-state index is 0. The highest BCUT2D eigenvalue weighted by molar-refractivity contribution is 6.00. The molecule has 1 aromatic rings. The molecule has 0 atom stereocenters. The predicted octanol–water partition coefficient (Wildman–Crippen LogP) is 0.494. The average Bonchev–Trinajstić information content (AvgIpc) is 3.02. The summed E-state index contributed by atoms with van der Waals surface area (Å²) in [6, 6.07) is -0.260. The molecule has 10 heteroatoms. The van der Waals surface area contributed by atoms with E-state index in [2.05, 4.69) is 21.0 Å². The van der Waals surface area contributed by atoms with E-state index < -0.39 is 5.84 Å². The van der Waals surface area contributed by atoms with E-state index in [0.717, 1.165) is 0 Å². The van der Waals surface area contributed by atoms with Gasteiger partial charge in [0.1, 0.15) is 0 Å². The molecule has 0 saturated heterocycles. The van der Waals surface area contributed by atoms with Gasteiger partial charge in [0.05, 0.1) is 14.1 Å². The maximum Gasteiger partial charge on any atom is 0.197 e. The summed E-state index contributed by atoms with van der Waals surface area (Å²) < 4.78 is 21.9. The van der Waals surface area contributed by atoms with Gasteiger partial charge in [0.2, 0.25) is 0 Å². The molecule has 6 N–H and O–H groups in total. The number of nitrogens with two attached hydrogens (primary N) is 1. The molecular formula is C16H15ClN6O3. The van der Waals surface area contributed by atoms with Gasteiger partial charge in [0.25, 0.3) is 0 Å². The molecule has 3 heterocycles. The zero-order valence-corrected chi connectivity index (χ0v) is 13.9. The van der Waals surface area contributed by atoms with Crippen molar-refractivity contribution >= 4 is 35.5 Å². The molecule has 2 aliphatic heterocycles. The molecule has 0 amide bonds. The topological polar surface area (TPSA) is 149 Å². The van der Waals surface area contributed by atoms with Crippen LogP contribution < -0.4 is 27.2 Å². The zero-order valence-electron chi connectivity index (χ0n) is 15.1. The molecule has 0 radical (unpaired) electrons. The van der Waals surface area contributed by atoms with Crippen molar-refractivity contribution in [2.24, 2.45) is 16.1 Å². The van der Waals surface area contributed by atoms with Crippen molar-refractivity contribution in [3.63, 3.8) is 0 Å². The van der Waals surface area contributed by atoms with Gasteiger partial charge in [-0.05, 0) is 41.6 Å². The fourth-order valence-electron chi connectivity index (χ4n) is 2.06. The van der Waals surface area contributed by atoms with Crippen LogP contribution in [0.4, 0.5) is 0 Å². The van der Waals surface area contributed by atoms with Crippen molar-refractivity contribution in [3.05, 3.63) is 75.7 Å². The molecule has 1 aromatic heterocycles. The predicted molar refractivity (Wildman–Crippen MR) is 99.7 cm³/mol. The van der Waals surface area contributed by atoms with E-state index in [1.165, 1.54) is 24.6 Å². The van der Waals surface area contributed by atoms with Gasteiger partial charge < -0.3 is 26.0 Å². The maximum absolute atomic E-state index is 10.4. The SMILES string of the molecule is Cl.[2H]c1c([2H])/c(=C2\C=CC(/C(N)=[15N]/O)=CN2)o/c1=C1/C=CC(C(=N)[15N]=O)=CN1. The van der Waals surface area contributed by atoms with Gasteiger partial charge in [-0.1, -0.05) is 5.16 Å². The van der Waals surface area contributed by atoms with Crippen molar-refractivity contribution in [1.82, 2.24) is 10.6 Å². The van der Waals surface area contributed by atoms with Crippen molar-refractivity contribution in [2.45, 2.75) is 0 Å². The van der Waals surface area contributed by atoms with Gasteiger partial charge in [0, 0.05) is 23.5 Å². The van der Waals surface area contributed by atoms with Crippen LogP contribution in [0.1, 0.15) is 2.74 Å². The van der Waals surface area contributed by atoms with Crippen molar-refractivity contribution in [2.75, 3.05) is 0 Å². The van der Waals surface area contributed by atoms with E-state index in [1.54, 1.807) is 12.2 Å². The summed E-state index contributed by atoms with van der Waals surface area (Å²) in [6.07, 6.45) is 9.04. The Kier molecular flexibility index (Phi) is 4.89. The summed E-state index contributed by atoms with van der Waals surface area (Å²) in [5.41, 5.74) is 7.33. The Morgan fingerprint density at radius 2 is 1.65 bits per heavy atom. The fraction of sp³-hybridized carbons (Fsp3) is 0. The number of furan rings is 1. The van der Waals surface area contributed by atoms with Crippen LogP contribution >= 0.6 is 12.4 Å². The second-order valence-electron chi connectivity index (χ2n) is 4.92. The quantitative estimate of drug-likeness (QED) is 0.126. The van der Waals surface area contributed by atoms with E-state index in [0.29, 0.717) is 17.0 Å². The van der Waals surface area contributed by atoms with E-state index in [-0.39, 0.29) is 46.7 Å². The summed E-state index contributed by atoms with van der Waals surface area (Å²) in [5, 5.41) is 27.2. The number of dihydropyridines is 2. The van der Waals surface area contributed by atoms with Crippen LogP contribution in [0.3, 0.4) is 0 Å². The maximum atomic E-state index is 10.4. The molecule has 3 rings (SSSR count). The molecule has 0 spiro atoms. The van der Waals surface area contributed by atoms with Crippen LogP contribution in [0.2, 0.25) is 0 Å². The Morgan fingerprint density at radius 3 is 2.08 bits per heavy atom. The Morgan fingerprint density at radius 1 is 1.12 bits per heavy atom. The first-order valence-electron chi connectivity index (χ1n) is 8.00. The molecule has 0 aromatic carbocycles. The van der Waals surface area contributed by atoms with Gasteiger partial charge in [-0.2, -0.15) is 0 Å². The summed E-state index contributed by atoms with van der Waals surface area (Å²) in [5.74, 6) is -0.499. The van der Waals surface area contributed by atoms with E-state index in [9.17, 15) is 4.91 Å². The highest BCUT2D eigenvalue weighted by atomic mass is 35.5. The Balaban J connectivity index is 0.00000280. The van der Waals surface area contributed by atoms with Crippen LogP contribution in [0, 0.1) is 10.3 Å². The molecule has 0 saturated carbocycles. The van der Waals surface area contributed by atoms with Crippen LogP contribution in [0.5, 0.6) is 0 Å². The number of nitrogens with one attached hydrogen (secondary N) is 3. The third kappa shape index (κ3) is 3.73. The first kappa shape index (κ1) is 15.9. The lowest BCUT2D eigenvalue weighted by Crippen LogP contribution is -2.22. The molecule has 134 valence electrons. The third-order valence-corrected chi connectivity index (χ3v) is 3.38. The highest BCUT2D eigenvalue weighted by Gasteiger charge is 2.09. The monoisotopic (exact) mass is 378 g/mol. The van der Waals surface area contributed by atoms with Gasteiger partial charge in [-0.3, -0.25) is 5.41 Å². The number of hydrogen-bond acceptors (Lipinski definition) is 7. The molecule has 9 nitrogen and oxygen atoms in total. The van der Waals surface area contributed by atoms with Crippen LogP contribution in [-0.4, -0.2) is 16.9 Å². The first-order valence-corrected chi connectivity index (χ1v) is 7.00. The molecule has 2 aliphatic rings. The number of nitrogens with zero attached hydrogens (tertiary/aromatic N) is 2. The van der Waals surface area contributed by atoms with E-state index in [4.69, 9.17) is 23.5 Å². The second kappa shape index (κ2) is 7.99. The van der Waals surface area contributed by atoms with Gasteiger partial charge in [0.15, 0.2) is 22.5 Å². The standard InChI is InChI=1S/C16H14N6O3.ClH/c17-15(21-23)9-1-3-11(19-7-9)13-5-6-14(25-13)12-4-2-10(8-20-12)16(18)22-24;/h1-8,17,19-20,24H,(H2,18,22);1H/b13-11-,14-12-,17-15?;/i5D,6D,21+1,22+1;. The van der Waals surface area contributed by atoms with Crippen molar-refractivity contribution < 1.29 is 12.4 Å². The lowest BCUT2D eigenvalue weighted by molar-refractivity contribution is 0.318. The number of halogens is 1. The number of hydrogen-bond donors (Lipinski definition) is 5. The highest BCUT2D eigenvalue weighted by Crippen LogP contribution is 2.09. The molecule has 0 unspecified atom stereocenters. The van der Waals surface area contributed by atoms with Crippen molar-refractivity contribution in [3.8, 4) is 0 Å². The molecule has 26 heavy (non-hydrogen) atoms. The van der Waals surface area contributed by atoms with Gasteiger partial charge >= 0.3 is 0 Å². The fourth-order valence-corrected chi connectivity index (χ4v) is 2.06. The minimum Gasteiger partial charge on any atom is -0.453 e. The molecule has 0 fully saturated rings. The normalized spacial score (nSPS) is 21.3. The minimum atomic E-state index is -0.425. The average molecular weight is 379 g/mol. The van der Waals surface area contributed by atoms with Crippen LogP contribution in [0.25, 0.3) is 11.4 Å².